The first-order valence-electron chi connectivity index (χ1n) is 11.0. The van der Waals surface area contributed by atoms with Crippen molar-refractivity contribution in [2.45, 2.75) is 44.4 Å². The van der Waals surface area contributed by atoms with Crippen molar-refractivity contribution in [1.29, 1.82) is 0 Å². The summed E-state index contributed by atoms with van der Waals surface area (Å²) in [5, 5.41) is 1.21. The molecule has 3 aromatic rings. The van der Waals surface area contributed by atoms with Gasteiger partial charge in [-0.1, -0.05) is 37.3 Å². The van der Waals surface area contributed by atoms with E-state index in [4.69, 9.17) is 4.74 Å². The number of likely N-dealkylation sites (tertiary alicyclic amines) is 1. The van der Waals surface area contributed by atoms with Crippen molar-refractivity contribution >= 4 is 29.3 Å². The smallest absolute Gasteiger partial charge is 0.416 e. The maximum atomic E-state index is 13.3. The number of rotatable bonds is 6. The van der Waals surface area contributed by atoms with Gasteiger partial charge < -0.3 is 14.6 Å². The van der Waals surface area contributed by atoms with E-state index in [1.54, 1.807) is 13.0 Å². The van der Waals surface area contributed by atoms with Gasteiger partial charge in [0.25, 0.3) is 0 Å². The molecule has 1 N–H and O–H groups in total. The Morgan fingerprint density at radius 3 is 2.55 bits per heavy atom. The maximum absolute atomic E-state index is 13.3. The fraction of sp³-hybridized carbons (Fsp3) is 0.400. The molecule has 0 spiro atoms. The van der Waals surface area contributed by atoms with E-state index >= 15 is 0 Å². The van der Waals surface area contributed by atoms with Crippen molar-refractivity contribution in [3.05, 3.63) is 71.4 Å². The highest BCUT2D eigenvalue weighted by Crippen LogP contribution is 2.40. The summed E-state index contributed by atoms with van der Waals surface area (Å²) in [5.74, 6) is -0.394. The Bertz CT molecular complexity index is 1090. The van der Waals surface area contributed by atoms with Crippen molar-refractivity contribution < 1.29 is 22.7 Å². The lowest BCUT2D eigenvalue weighted by Crippen LogP contribution is -2.45. The standard InChI is InChI=1S/C25H27F3N2O2.ClH/c1-2-23(31)32-24(19-6-5-7-20(16-19)25(26,27)28)11-14-30(15-12-24)13-10-18-17-29-22-9-4-3-8-21(18)22;/h3-9,16-17,29H,2,10-15H2,1H3;1H. The van der Waals surface area contributed by atoms with Crippen LogP contribution in [-0.2, 0) is 27.7 Å². The highest BCUT2D eigenvalue weighted by atomic mass is 35.5. The van der Waals surface area contributed by atoms with Crippen LogP contribution in [0.15, 0.2) is 54.7 Å². The van der Waals surface area contributed by atoms with Gasteiger partial charge >= 0.3 is 12.1 Å². The quantitative estimate of drug-likeness (QED) is 0.434. The second-order valence-electron chi connectivity index (χ2n) is 8.35. The number of esters is 1. The zero-order chi connectivity index (χ0) is 22.8. The fourth-order valence-corrected chi connectivity index (χ4v) is 4.47. The van der Waals surface area contributed by atoms with E-state index in [-0.39, 0.29) is 18.8 Å². The number of alkyl halides is 3. The highest BCUT2D eigenvalue weighted by Gasteiger charge is 2.41. The van der Waals surface area contributed by atoms with Gasteiger partial charge in [0.2, 0.25) is 0 Å². The zero-order valence-electron chi connectivity index (χ0n) is 18.5. The molecule has 33 heavy (non-hydrogen) atoms. The summed E-state index contributed by atoms with van der Waals surface area (Å²) in [6, 6.07) is 13.4. The number of H-pyrrole nitrogens is 1. The minimum atomic E-state index is -4.44. The molecule has 0 amide bonds. The Hall–Kier alpha value is -2.51. The van der Waals surface area contributed by atoms with E-state index in [1.807, 2.05) is 24.4 Å². The molecule has 1 aromatic heterocycles. The van der Waals surface area contributed by atoms with Crippen LogP contribution < -0.4 is 0 Å². The van der Waals surface area contributed by atoms with Crippen molar-refractivity contribution in [3.63, 3.8) is 0 Å². The van der Waals surface area contributed by atoms with Crippen molar-refractivity contribution in [2.75, 3.05) is 19.6 Å². The number of carbonyl (C=O) groups is 1. The van der Waals surface area contributed by atoms with E-state index in [0.717, 1.165) is 30.6 Å². The van der Waals surface area contributed by atoms with Gasteiger partial charge in [-0.15, -0.1) is 12.4 Å². The molecular weight excluding hydrogens is 453 g/mol. The normalized spacial score (nSPS) is 16.4. The lowest BCUT2D eigenvalue weighted by atomic mass is 9.83. The number of para-hydroxylation sites is 1. The SMILES string of the molecule is CCC(=O)OC1(c2cccc(C(F)(F)F)c2)CCN(CCc2c[nH]c3ccccc23)CC1.Cl. The molecule has 8 heteroatoms. The molecule has 0 radical (unpaired) electrons. The van der Waals surface area contributed by atoms with Gasteiger partial charge in [-0.25, -0.2) is 0 Å². The number of fused-ring (bicyclic) bond motifs is 1. The Labute approximate surface area is 197 Å². The lowest BCUT2D eigenvalue weighted by Gasteiger charge is -2.41. The predicted molar refractivity (Wildman–Crippen MR) is 124 cm³/mol. The molecular formula is C25H28ClF3N2O2. The number of halogens is 4. The van der Waals surface area contributed by atoms with Crippen LogP contribution in [0.5, 0.6) is 0 Å². The molecule has 1 fully saturated rings. The molecule has 178 valence electrons. The number of benzene rings is 2. The average molecular weight is 481 g/mol. The van der Waals surface area contributed by atoms with E-state index in [0.29, 0.717) is 31.5 Å². The Morgan fingerprint density at radius 1 is 1.12 bits per heavy atom. The molecule has 0 atom stereocenters. The monoisotopic (exact) mass is 480 g/mol. The van der Waals surface area contributed by atoms with Gasteiger partial charge in [0.15, 0.2) is 0 Å². The van der Waals surface area contributed by atoms with Crippen molar-refractivity contribution in [1.82, 2.24) is 9.88 Å². The van der Waals surface area contributed by atoms with Crippen LogP contribution >= 0.6 is 12.4 Å². The van der Waals surface area contributed by atoms with Crippen LogP contribution in [0.2, 0.25) is 0 Å². The maximum Gasteiger partial charge on any atom is 0.416 e. The molecule has 4 nitrogen and oxygen atoms in total. The van der Waals surface area contributed by atoms with Gasteiger partial charge in [0.05, 0.1) is 5.56 Å². The van der Waals surface area contributed by atoms with Gasteiger partial charge in [-0.05, 0) is 35.7 Å². The number of piperidine rings is 1. The van der Waals surface area contributed by atoms with E-state index in [2.05, 4.69) is 16.0 Å². The minimum Gasteiger partial charge on any atom is -0.454 e. The molecule has 4 rings (SSSR count). The van der Waals surface area contributed by atoms with Crippen LogP contribution in [0.3, 0.4) is 0 Å². The number of ether oxygens (including phenoxy) is 1. The summed E-state index contributed by atoms with van der Waals surface area (Å²) >= 11 is 0. The fourth-order valence-electron chi connectivity index (χ4n) is 4.47. The Kier molecular flexibility index (Phi) is 7.75. The summed E-state index contributed by atoms with van der Waals surface area (Å²) in [4.78, 5) is 17.7. The third-order valence-corrected chi connectivity index (χ3v) is 6.35. The van der Waals surface area contributed by atoms with Crippen LogP contribution in [0.1, 0.15) is 42.9 Å². The van der Waals surface area contributed by atoms with E-state index in [9.17, 15) is 18.0 Å². The van der Waals surface area contributed by atoms with Crippen LogP contribution in [0.25, 0.3) is 10.9 Å². The molecule has 2 aromatic carbocycles. The zero-order valence-corrected chi connectivity index (χ0v) is 19.3. The number of aromatic amines is 1. The van der Waals surface area contributed by atoms with Crippen molar-refractivity contribution in [3.8, 4) is 0 Å². The van der Waals surface area contributed by atoms with Crippen LogP contribution in [0.4, 0.5) is 13.2 Å². The number of hydrogen-bond donors (Lipinski definition) is 1. The second kappa shape index (κ2) is 10.2. The second-order valence-corrected chi connectivity index (χ2v) is 8.35. The molecule has 1 aliphatic rings. The van der Waals surface area contributed by atoms with Gasteiger partial charge in [0.1, 0.15) is 5.60 Å². The third-order valence-electron chi connectivity index (χ3n) is 6.35. The van der Waals surface area contributed by atoms with E-state index in [1.165, 1.54) is 17.0 Å². The first kappa shape index (κ1) is 25.1. The molecule has 0 bridgehead atoms. The molecule has 1 saturated heterocycles. The lowest BCUT2D eigenvalue weighted by molar-refractivity contribution is -0.166. The third kappa shape index (κ3) is 5.53. The topological polar surface area (TPSA) is 45.3 Å². The largest absolute Gasteiger partial charge is 0.454 e. The molecule has 1 aliphatic heterocycles. The predicted octanol–water partition coefficient (Wildman–Crippen LogP) is 6.10. The number of aromatic nitrogens is 1. The molecule has 0 saturated carbocycles. The average Bonchev–Trinajstić information content (AvgIpc) is 3.21. The number of carbonyl (C=O) groups excluding carboxylic acids is 1. The highest BCUT2D eigenvalue weighted by molar-refractivity contribution is 5.85. The van der Waals surface area contributed by atoms with E-state index < -0.39 is 23.3 Å². The molecule has 0 aliphatic carbocycles. The first-order valence-corrected chi connectivity index (χ1v) is 11.0. The molecule has 0 unspecified atom stereocenters. The Balaban J connectivity index is 0.00000306. The summed E-state index contributed by atoms with van der Waals surface area (Å²) in [5.41, 5.74) is 1.03. The summed E-state index contributed by atoms with van der Waals surface area (Å²) in [7, 11) is 0. The summed E-state index contributed by atoms with van der Waals surface area (Å²) in [6.07, 6.45) is -0.418. The van der Waals surface area contributed by atoms with Crippen LogP contribution in [0, 0.1) is 0 Å². The van der Waals surface area contributed by atoms with Crippen molar-refractivity contribution in [2.24, 2.45) is 0 Å². The van der Waals surface area contributed by atoms with Gasteiger partial charge in [0, 0.05) is 56.0 Å². The number of nitrogens with one attached hydrogen (secondary N) is 1. The minimum absolute atomic E-state index is 0. The van der Waals surface area contributed by atoms with Gasteiger partial charge in [-0.2, -0.15) is 13.2 Å². The first-order chi connectivity index (χ1) is 15.3. The Morgan fingerprint density at radius 2 is 1.85 bits per heavy atom. The summed E-state index contributed by atoms with van der Waals surface area (Å²) < 4.78 is 45.6. The number of hydrogen-bond acceptors (Lipinski definition) is 3. The molecule has 2 heterocycles. The summed E-state index contributed by atoms with van der Waals surface area (Å²) in [6.45, 7) is 3.83. The van der Waals surface area contributed by atoms with Crippen LogP contribution in [-0.4, -0.2) is 35.5 Å². The number of nitrogens with zero attached hydrogens (tertiary/aromatic N) is 1. The van der Waals surface area contributed by atoms with Gasteiger partial charge in [-0.3, -0.25) is 4.79 Å².